The Morgan fingerprint density at radius 2 is 1.44 bits per heavy atom. The lowest BCUT2D eigenvalue weighted by Gasteiger charge is -2.36. The van der Waals surface area contributed by atoms with E-state index in [4.69, 9.17) is 9.47 Å². The van der Waals surface area contributed by atoms with Gasteiger partial charge in [0, 0.05) is 52.5 Å². The van der Waals surface area contributed by atoms with E-state index in [0.29, 0.717) is 57.3 Å². The van der Waals surface area contributed by atoms with Crippen LogP contribution in [-0.2, 0) is 43.0 Å². The normalized spacial score (nSPS) is 19.5. The summed E-state index contributed by atoms with van der Waals surface area (Å²) in [7, 11) is 5.12. The molecule has 17 heteroatoms. The zero-order valence-electron chi connectivity index (χ0n) is 50.1. The lowest BCUT2D eigenvalue weighted by atomic mass is 9.80. The molecule has 0 bridgehead atoms. The summed E-state index contributed by atoms with van der Waals surface area (Å²) in [5.41, 5.74) is 6.72. The lowest BCUT2D eigenvalue weighted by Crippen LogP contribution is -2.52. The van der Waals surface area contributed by atoms with Crippen molar-refractivity contribution in [2.24, 2.45) is 41.4 Å². The van der Waals surface area contributed by atoms with Crippen LogP contribution >= 0.6 is 0 Å². The molecule has 0 spiro atoms. The average Bonchev–Trinajstić information content (AvgIpc) is 4.00. The molecule has 0 aliphatic carbocycles. The molecule has 1 aromatic rings. The summed E-state index contributed by atoms with van der Waals surface area (Å²) in [5, 5.41) is 17.3. The van der Waals surface area contributed by atoms with Crippen LogP contribution in [0.3, 0.4) is 0 Å². The van der Waals surface area contributed by atoms with Gasteiger partial charge in [-0.3, -0.25) is 54.2 Å². The number of aliphatic hydroxyl groups excluding tert-OH is 1. The Morgan fingerprint density at radius 1 is 0.818 bits per heavy atom. The predicted molar refractivity (Wildman–Crippen MR) is 303 cm³/mol. The first kappa shape index (κ1) is 68.4. The summed E-state index contributed by atoms with van der Waals surface area (Å²) in [6.45, 7) is 27.4. The van der Waals surface area contributed by atoms with Gasteiger partial charge in [-0.15, -0.1) is 0 Å². The number of methoxy groups -OCH3 is 2. The number of nitrogens with zero attached hydrogens (tertiary/aromatic N) is 3. The second kappa shape index (κ2) is 35.0. The molecule has 77 heavy (non-hydrogen) atoms. The highest BCUT2D eigenvalue weighted by Gasteiger charge is 2.42. The Balaban J connectivity index is 0.0000100. The highest BCUT2D eigenvalue weighted by Crippen LogP contribution is 2.33. The first-order valence-corrected chi connectivity index (χ1v) is 29.0. The highest BCUT2D eigenvalue weighted by atomic mass is 16.5. The molecule has 17 nitrogen and oxygen atoms in total. The van der Waals surface area contributed by atoms with Crippen molar-refractivity contribution < 1.29 is 48.1 Å². The fourth-order valence-corrected chi connectivity index (χ4v) is 11.3. The van der Waals surface area contributed by atoms with Gasteiger partial charge in [0.05, 0.1) is 54.8 Å². The molecule has 10 unspecified atom stereocenters. The maximum absolute atomic E-state index is 14.3. The van der Waals surface area contributed by atoms with Gasteiger partial charge in [0.2, 0.25) is 41.4 Å². The number of carbonyl (C=O) groups excluding carboxylic acids is 7. The fourth-order valence-electron chi connectivity index (χ4n) is 11.3. The molecule has 0 aromatic heterocycles. The minimum absolute atomic E-state index is 0.000252. The molecule has 2 aliphatic heterocycles. The minimum Gasteiger partial charge on any atom is -0.386 e. The van der Waals surface area contributed by atoms with Gasteiger partial charge in [0.25, 0.3) is 0 Å². The van der Waals surface area contributed by atoms with Crippen LogP contribution in [0.1, 0.15) is 179 Å². The maximum Gasteiger partial charge on any atom is 0.238 e. The van der Waals surface area contributed by atoms with Crippen molar-refractivity contribution in [3.63, 3.8) is 0 Å². The Kier molecular flexibility index (Phi) is 31.1. The molecule has 2 aliphatic rings. The number of imide groups is 1. The first-order chi connectivity index (χ1) is 36.5. The molecule has 3 rings (SSSR count). The minimum atomic E-state index is -0.879. The molecular formula is C60H103N7O10. The number of aliphatic hydroxyl groups is 1. The molecular weight excluding hydrogens is 979 g/mol. The van der Waals surface area contributed by atoms with Gasteiger partial charge in [0.15, 0.2) is 0 Å². The zero-order valence-corrected chi connectivity index (χ0v) is 50.1. The van der Waals surface area contributed by atoms with E-state index in [1.165, 1.54) is 4.90 Å². The number of ether oxygens (including phenoxy) is 2. The van der Waals surface area contributed by atoms with Crippen molar-refractivity contribution in [3.05, 3.63) is 47.5 Å². The van der Waals surface area contributed by atoms with Crippen LogP contribution < -0.4 is 21.5 Å². The molecule has 438 valence electrons. The molecule has 11 atom stereocenters. The topological polar surface area (TPSA) is 216 Å². The third kappa shape index (κ3) is 20.8. The van der Waals surface area contributed by atoms with Gasteiger partial charge in [-0.25, -0.2) is 0 Å². The number of hydrogen-bond acceptors (Lipinski definition) is 11. The molecule has 2 saturated heterocycles. The van der Waals surface area contributed by atoms with Crippen molar-refractivity contribution in [3.8, 4) is 0 Å². The SMILES string of the molecule is CC.CCC(/C=C(\C)[C@@H](NC(=O)C(C(C)C)N(C)CCCC(=O)NNC(=O)CCCCCN1C(=O)CC(C(C)C)C1=O)C(C)C)C(CC)C(CC(=O)N1CCCC1C(OC)C(C)C(=O)NC(C)C(O)c1ccccc1)OC. The number of unbranched alkanes of at least 4 members (excludes halogenated alkanes) is 2. The maximum atomic E-state index is 14.3. The number of amides is 7. The number of allylic oxidation sites excluding steroid dienone is 1. The van der Waals surface area contributed by atoms with Gasteiger partial charge >= 0.3 is 0 Å². The van der Waals surface area contributed by atoms with E-state index < -0.39 is 30.2 Å². The summed E-state index contributed by atoms with van der Waals surface area (Å²) in [6, 6.07) is 7.66. The number of hydrogen-bond donors (Lipinski definition) is 5. The van der Waals surface area contributed by atoms with Crippen molar-refractivity contribution in [1.29, 1.82) is 0 Å². The standard InChI is InChI=1S/C58H97N7O10.C2H6/c1-15-42(44(16-2)47(74-13)35-51(69)64-32-23-27-46(64)55(75-14)40(10)56(71)59-41(11)54(70)43-25-19-17-20-26-43)33-39(9)52(37(5)6)60-57(72)53(38(7)8)63(12)30-24-29-49(67)62-61-48(66)28-21-18-22-31-65-50(68)34-45(36(3)4)58(65)73;1-2/h17,19-20,25-26,33,36-38,40-42,44-47,52-55,70H,15-16,18,21-24,27-32,34-35H2,1-14H3,(H,59,71)(H,60,72)(H,61,66)(H,62,67);1-2H3/b39-33+;/t40?,41?,42?,44?,45?,46?,47?,52-,53?,54?,55?;/m0./s1. The van der Waals surface area contributed by atoms with Crippen LogP contribution in [0, 0.1) is 41.4 Å². The molecule has 5 N–H and O–H groups in total. The van der Waals surface area contributed by atoms with Crippen LogP contribution in [0.25, 0.3) is 0 Å². The van der Waals surface area contributed by atoms with Gasteiger partial charge in [-0.1, -0.05) is 131 Å². The van der Waals surface area contributed by atoms with Gasteiger partial charge < -0.3 is 30.1 Å². The largest absolute Gasteiger partial charge is 0.386 e. The number of likely N-dealkylation sites (tertiary alicyclic amines) is 2. The lowest BCUT2D eigenvalue weighted by molar-refractivity contribution is -0.143. The van der Waals surface area contributed by atoms with E-state index >= 15 is 0 Å². The van der Waals surface area contributed by atoms with Crippen LogP contribution in [-0.4, -0.2) is 138 Å². The van der Waals surface area contributed by atoms with Crippen molar-refractivity contribution in [2.75, 3.05) is 40.9 Å². The summed E-state index contributed by atoms with van der Waals surface area (Å²) in [4.78, 5) is 97.2. The molecule has 0 radical (unpaired) electrons. The van der Waals surface area contributed by atoms with E-state index in [-0.39, 0.29) is 121 Å². The summed E-state index contributed by atoms with van der Waals surface area (Å²) in [5.74, 6) is -1.91. The first-order valence-electron chi connectivity index (χ1n) is 29.0. The number of nitrogens with one attached hydrogen (secondary N) is 4. The number of benzene rings is 1. The average molecular weight is 1080 g/mol. The smallest absolute Gasteiger partial charge is 0.238 e. The van der Waals surface area contributed by atoms with E-state index in [2.05, 4.69) is 62.2 Å². The van der Waals surface area contributed by atoms with Crippen molar-refractivity contribution in [1.82, 2.24) is 36.2 Å². The Hall–Kier alpha value is -4.71. The van der Waals surface area contributed by atoms with Crippen molar-refractivity contribution in [2.45, 2.75) is 210 Å². The summed E-state index contributed by atoms with van der Waals surface area (Å²) < 4.78 is 12.1. The van der Waals surface area contributed by atoms with Gasteiger partial charge in [0.1, 0.15) is 0 Å². The number of carbonyl (C=O) groups is 7. The third-order valence-electron chi connectivity index (χ3n) is 15.7. The monoisotopic (exact) mass is 1080 g/mol. The van der Waals surface area contributed by atoms with Crippen LogP contribution in [0.5, 0.6) is 0 Å². The van der Waals surface area contributed by atoms with Crippen LogP contribution in [0.2, 0.25) is 0 Å². The Morgan fingerprint density at radius 3 is 1.97 bits per heavy atom. The Labute approximate surface area is 463 Å². The Bertz CT molecular complexity index is 2020. The molecule has 2 fully saturated rings. The van der Waals surface area contributed by atoms with E-state index in [1.807, 2.05) is 95.6 Å². The molecule has 1 aromatic carbocycles. The second-order valence-electron chi connectivity index (χ2n) is 22.3. The number of rotatable bonds is 32. The number of hydrazine groups is 1. The van der Waals surface area contributed by atoms with Gasteiger partial charge in [-0.2, -0.15) is 0 Å². The summed E-state index contributed by atoms with van der Waals surface area (Å²) >= 11 is 0. The van der Waals surface area contributed by atoms with E-state index in [9.17, 15) is 38.7 Å². The second-order valence-corrected chi connectivity index (χ2v) is 22.3. The van der Waals surface area contributed by atoms with Crippen molar-refractivity contribution >= 4 is 41.4 Å². The quantitative estimate of drug-likeness (QED) is 0.0202. The van der Waals surface area contributed by atoms with E-state index in [0.717, 1.165) is 24.8 Å². The van der Waals surface area contributed by atoms with Crippen LogP contribution in [0.4, 0.5) is 0 Å². The van der Waals surface area contributed by atoms with Gasteiger partial charge in [-0.05, 0) is 101 Å². The summed E-state index contributed by atoms with van der Waals surface area (Å²) in [6.07, 6.45) is 6.58. The van der Waals surface area contributed by atoms with Crippen LogP contribution in [0.15, 0.2) is 42.0 Å². The molecule has 7 amide bonds. The fraction of sp³-hybridized carbons (Fsp3) is 0.750. The number of likely N-dealkylation sites (N-methyl/N-ethyl adjacent to an activating group) is 1. The predicted octanol–water partition coefficient (Wildman–Crippen LogP) is 7.91. The molecule has 0 saturated carbocycles. The molecule has 2 heterocycles. The zero-order chi connectivity index (χ0) is 58.1. The third-order valence-corrected chi connectivity index (χ3v) is 15.7. The van der Waals surface area contributed by atoms with E-state index in [1.54, 1.807) is 21.1 Å². The highest BCUT2D eigenvalue weighted by molar-refractivity contribution is 6.03.